The normalized spacial score (nSPS) is 36.2. The number of rotatable bonds is 8. The highest BCUT2D eigenvalue weighted by Crippen LogP contribution is 2.78. The summed E-state index contributed by atoms with van der Waals surface area (Å²) < 4.78 is -1.48. The molecule has 3 rings (SSSR count). The van der Waals surface area contributed by atoms with Gasteiger partial charge >= 0.3 is 5.97 Å². The van der Waals surface area contributed by atoms with Gasteiger partial charge in [0.25, 0.3) is 0 Å². The second kappa shape index (κ2) is 10.3. The van der Waals surface area contributed by atoms with E-state index in [2.05, 4.69) is 6.92 Å². The first kappa shape index (κ1) is 26.2. The minimum Gasteiger partial charge on any atom is -0.481 e. The molecule has 3 aliphatic carbocycles. The summed E-state index contributed by atoms with van der Waals surface area (Å²) in [5.41, 5.74) is 0. The van der Waals surface area contributed by atoms with Gasteiger partial charge in [-0.25, -0.2) is 0 Å². The molecule has 1 saturated carbocycles. The smallest absolute Gasteiger partial charge is 0.303 e. The van der Waals surface area contributed by atoms with E-state index in [0.29, 0.717) is 6.42 Å². The Balaban J connectivity index is 0.000000223. The van der Waals surface area contributed by atoms with Gasteiger partial charge in [0, 0.05) is 18.3 Å². The van der Waals surface area contributed by atoms with Crippen LogP contribution in [0.5, 0.6) is 0 Å². The molecule has 0 heterocycles. The van der Waals surface area contributed by atoms with Crippen molar-refractivity contribution in [3.05, 3.63) is 22.2 Å². The zero-order chi connectivity index (χ0) is 22.0. The lowest BCUT2D eigenvalue weighted by Gasteiger charge is -2.34. The summed E-state index contributed by atoms with van der Waals surface area (Å²) in [6.45, 7) is 2.20. The Bertz CT molecular complexity index is 678. The SMILES string of the molecule is CCCCCCCCCC(=O)O.ClC1=C(Cl)C2(Cl)C3C(Cl)C=CC3C1(Cl)C2(Cl)Cl. The first-order valence-electron chi connectivity index (χ1n) is 9.83. The minimum absolute atomic E-state index is 0.205. The third-order valence-corrected chi connectivity index (χ3v) is 10.6. The zero-order valence-electron chi connectivity index (χ0n) is 16.0. The molecular formula is C20H25Cl7O2. The van der Waals surface area contributed by atoms with Crippen LogP contribution in [0.15, 0.2) is 22.2 Å². The topological polar surface area (TPSA) is 37.3 Å². The van der Waals surface area contributed by atoms with Crippen molar-refractivity contribution >= 4 is 87.2 Å². The van der Waals surface area contributed by atoms with Gasteiger partial charge < -0.3 is 5.11 Å². The van der Waals surface area contributed by atoms with Crippen LogP contribution in [0.2, 0.25) is 0 Å². The number of aliphatic carboxylic acids is 1. The van der Waals surface area contributed by atoms with Crippen molar-refractivity contribution in [3.8, 4) is 0 Å². The highest BCUT2D eigenvalue weighted by atomic mass is 35.5. The van der Waals surface area contributed by atoms with Crippen molar-refractivity contribution in [2.45, 2.75) is 77.7 Å². The van der Waals surface area contributed by atoms with Crippen molar-refractivity contribution < 1.29 is 9.90 Å². The molecule has 0 aromatic heterocycles. The van der Waals surface area contributed by atoms with Crippen molar-refractivity contribution in [3.63, 3.8) is 0 Å². The number of carboxylic acids is 1. The number of allylic oxidation sites excluding steroid dienone is 4. The van der Waals surface area contributed by atoms with Crippen LogP contribution in [-0.2, 0) is 4.79 Å². The summed E-state index contributed by atoms with van der Waals surface area (Å²) >= 11 is 44.5. The maximum atomic E-state index is 10.1. The van der Waals surface area contributed by atoms with Gasteiger partial charge in [0.05, 0.1) is 15.4 Å². The molecule has 0 amide bonds. The lowest BCUT2D eigenvalue weighted by atomic mass is 9.84. The molecule has 2 bridgehead atoms. The van der Waals surface area contributed by atoms with Crippen LogP contribution in [0.3, 0.4) is 0 Å². The fraction of sp³-hybridized carbons (Fsp3) is 0.750. The molecule has 166 valence electrons. The van der Waals surface area contributed by atoms with Crippen LogP contribution >= 0.6 is 81.2 Å². The summed E-state index contributed by atoms with van der Waals surface area (Å²) in [5, 5.41) is 8.47. The standard InChI is InChI=1S/C10H5Cl7.C10H20O2/c11-4-2-1-3-5(4)9(15)7(13)6(12)8(3,14)10(9,16)17;1-2-3-4-5-6-7-8-9-10(11)12/h1-5H;2-9H2,1H3,(H,11,12). The van der Waals surface area contributed by atoms with E-state index in [1.165, 1.54) is 32.1 Å². The summed E-state index contributed by atoms with van der Waals surface area (Å²) in [6.07, 6.45) is 12.3. The monoisotopic (exact) mass is 542 g/mol. The van der Waals surface area contributed by atoms with E-state index in [0.717, 1.165) is 12.8 Å². The molecule has 0 aliphatic heterocycles. The van der Waals surface area contributed by atoms with Gasteiger partial charge in [0.2, 0.25) is 0 Å². The van der Waals surface area contributed by atoms with E-state index in [-0.39, 0.29) is 27.3 Å². The molecule has 0 radical (unpaired) electrons. The Hall–Kier alpha value is 0.980. The summed E-state index contributed by atoms with van der Waals surface area (Å²) in [6, 6.07) is 0. The number of hydrogen-bond acceptors (Lipinski definition) is 1. The number of alkyl halides is 5. The van der Waals surface area contributed by atoms with E-state index in [1.54, 1.807) is 0 Å². The second-order valence-electron chi connectivity index (χ2n) is 7.77. The number of carboxylic acid groups (broad SMARTS) is 1. The Labute approximate surface area is 207 Å². The molecule has 5 atom stereocenters. The summed E-state index contributed by atoms with van der Waals surface area (Å²) in [7, 11) is 0. The van der Waals surface area contributed by atoms with Gasteiger partial charge in [-0.2, -0.15) is 0 Å². The third-order valence-electron chi connectivity index (χ3n) is 5.89. The quantitative estimate of drug-likeness (QED) is 0.189. The molecule has 0 spiro atoms. The largest absolute Gasteiger partial charge is 0.481 e. The average Bonchev–Trinajstić information content (AvgIpc) is 3.14. The molecule has 2 nitrogen and oxygen atoms in total. The lowest BCUT2D eigenvalue weighted by Crippen LogP contribution is -2.45. The molecule has 1 fully saturated rings. The molecule has 0 saturated heterocycles. The van der Waals surface area contributed by atoms with E-state index < -0.39 is 20.1 Å². The van der Waals surface area contributed by atoms with Gasteiger partial charge in [-0.3, -0.25) is 4.79 Å². The van der Waals surface area contributed by atoms with Gasteiger partial charge in [-0.1, -0.05) is 104 Å². The van der Waals surface area contributed by atoms with E-state index in [9.17, 15) is 4.79 Å². The Morgan fingerprint density at radius 3 is 2.00 bits per heavy atom. The van der Waals surface area contributed by atoms with E-state index in [4.69, 9.17) is 86.3 Å². The van der Waals surface area contributed by atoms with Crippen LogP contribution in [0.25, 0.3) is 0 Å². The van der Waals surface area contributed by atoms with Crippen molar-refractivity contribution in [2.75, 3.05) is 0 Å². The average molecular weight is 546 g/mol. The molecular weight excluding hydrogens is 520 g/mol. The van der Waals surface area contributed by atoms with E-state index >= 15 is 0 Å². The van der Waals surface area contributed by atoms with Crippen LogP contribution in [-0.4, -0.2) is 30.5 Å². The van der Waals surface area contributed by atoms with Crippen molar-refractivity contribution in [2.24, 2.45) is 11.8 Å². The van der Waals surface area contributed by atoms with E-state index in [1.807, 2.05) is 12.2 Å². The molecule has 29 heavy (non-hydrogen) atoms. The Morgan fingerprint density at radius 2 is 1.45 bits per heavy atom. The highest BCUT2D eigenvalue weighted by molar-refractivity contribution is 6.66. The number of fused-ring (bicyclic) bond motifs is 5. The molecule has 3 aliphatic rings. The fourth-order valence-corrected chi connectivity index (χ4v) is 7.83. The highest BCUT2D eigenvalue weighted by Gasteiger charge is 2.83. The molecule has 9 heteroatoms. The van der Waals surface area contributed by atoms with Crippen LogP contribution in [0.1, 0.15) is 58.3 Å². The predicted octanol–water partition coefficient (Wildman–Crippen LogP) is 8.45. The fourth-order valence-electron chi connectivity index (χ4n) is 4.31. The number of carbonyl (C=O) groups is 1. The van der Waals surface area contributed by atoms with Gasteiger partial charge in [0.15, 0.2) is 4.33 Å². The van der Waals surface area contributed by atoms with Crippen LogP contribution in [0.4, 0.5) is 0 Å². The molecule has 0 aromatic carbocycles. The Morgan fingerprint density at radius 1 is 0.931 bits per heavy atom. The Kier molecular flexibility index (Phi) is 9.30. The zero-order valence-corrected chi connectivity index (χ0v) is 21.3. The second-order valence-corrected chi connectivity index (χ2v) is 11.6. The number of unbranched alkanes of at least 4 members (excludes halogenated alkanes) is 6. The van der Waals surface area contributed by atoms with Crippen LogP contribution < -0.4 is 0 Å². The van der Waals surface area contributed by atoms with Crippen molar-refractivity contribution in [1.29, 1.82) is 0 Å². The molecule has 0 aromatic rings. The van der Waals surface area contributed by atoms with Gasteiger partial charge in [0.1, 0.15) is 9.75 Å². The van der Waals surface area contributed by atoms with Crippen LogP contribution in [0, 0.1) is 11.8 Å². The minimum atomic E-state index is -1.48. The first-order valence-corrected chi connectivity index (χ1v) is 12.5. The number of halogens is 7. The summed E-state index contributed by atoms with van der Waals surface area (Å²) in [4.78, 5) is 7.69. The lowest BCUT2D eigenvalue weighted by molar-refractivity contribution is -0.137. The number of hydrogen-bond donors (Lipinski definition) is 1. The van der Waals surface area contributed by atoms with Crippen molar-refractivity contribution in [1.82, 2.24) is 0 Å². The molecule has 1 N–H and O–H groups in total. The molecule has 5 unspecified atom stereocenters. The van der Waals surface area contributed by atoms with Gasteiger partial charge in [-0.15, -0.1) is 34.8 Å². The first-order chi connectivity index (χ1) is 13.5. The third kappa shape index (κ3) is 4.43. The summed E-state index contributed by atoms with van der Waals surface area (Å²) in [5.74, 6) is -1.13. The maximum Gasteiger partial charge on any atom is 0.303 e. The van der Waals surface area contributed by atoms with Gasteiger partial charge in [-0.05, 0) is 6.42 Å². The predicted molar refractivity (Wildman–Crippen MR) is 126 cm³/mol. The maximum absolute atomic E-state index is 10.1.